The lowest BCUT2D eigenvalue weighted by atomic mass is 10.0. The number of amides is 1. The van der Waals surface area contributed by atoms with Crippen molar-refractivity contribution in [3.8, 4) is 0 Å². The van der Waals surface area contributed by atoms with E-state index in [0.29, 0.717) is 19.4 Å². The zero-order valence-corrected chi connectivity index (χ0v) is 22.0. The SMILES string of the molecule is Cc1cc2ccc(S(=O)(=O)NC(CCCN=C(N)N)C(=O)N(CC(=O)O)CC3CCCO3)cc2cc1C. The van der Waals surface area contributed by atoms with Crippen LogP contribution in [0.5, 0.6) is 0 Å². The second kappa shape index (κ2) is 12.3. The van der Waals surface area contributed by atoms with Crippen LogP contribution in [-0.2, 0) is 24.3 Å². The molecule has 11 nitrogen and oxygen atoms in total. The molecule has 0 spiro atoms. The molecule has 2 unspecified atom stereocenters. The molecule has 3 rings (SSSR count). The summed E-state index contributed by atoms with van der Waals surface area (Å²) >= 11 is 0. The van der Waals surface area contributed by atoms with Gasteiger partial charge >= 0.3 is 5.97 Å². The number of benzene rings is 2. The van der Waals surface area contributed by atoms with Gasteiger partial charge in [0.1, 0.15) is 12.6 Å². The zero-order valence-electron chi connectivity index (χ0n) is 21.1. The number of nitrogens with zero attached hydrogens (tertiary/aromatic N) is 2. The average Bonchev–Trinajstić information content (AvgIpc) is 3.33. The maximum Gasteiger partial charge on any atom is 0.323 e. The topological polar surface area (TPSA) is 177 Å². The van der Waals surface area contributed by atoms with Crippen LogP contribution in [0.2, 0.25) is 0 Å². The van der Waals surface area contributed by atoms with Gasteiger partial charge in [0, 0.05) is 19.7 Å². The molecule has 0 radical (unpaired) electrons. The predicted molar refractivity (Wildman–Crippen MR) is 141 cm³/mol. The van der Waals surface area contributed by atoms with Crippen LogP contribution >= 0.6 is 0 Å². The van der Waals surface area contributed by atoms with Crippen LogP contribution < -0.4 is 16.2 Å². The van der Waals surface area contributed by atoms with E-state index in [4.69, 9.17) is 16.2 Å². The molecule has 12 heteroatoms. The van der Waals surface area contributed by atoms with Crippen LogP contribution in [0.15, 0.2) is 40.2 Å². The van der Waals surface area contributed by atoms with Crippen LogP contribution in [0.1, 0.15) is 36.8 Å². The van der Waals surface area contributed by atoms with Crippen molar-refractivity contribution in [1.82, 2.24) is 9.62 Å². The number of rotatable bonds is 12. The molecule has 2 aromatic carbocycles. The number of carbonyl (C=O) groups is 2. The molecule has 1 fully saturated rings. The third kappa shape index (κ3) is 7.88. The Balaban J connectivity index is 1.88. The summed E-state index contributed by atoms with van der Waals surface area (Å²) in [7, 11) is -4.12. The number of aliphatic carboxylic acids is 1. The largest absolute Gasteiger partial charge is 0.480 e. The molecule has 2 aromatic rings. The molecule has 0 aliphatic carbocycles. The number of hydrogen-bond donors (Lipinski definition) is 4. The molecule has 2 atom stereocenters. The molecule has 37 heavy (non-hydrogen) atoms. The third-order valence-electron chi connectivity index (χ3n) is 6.36. The minimum absolute atomic E-state index is 0.00851. The van der Waals surface area contributed by atoms with Gasteiger partial charge < -0.3 is 26.2 Å². The Kier molecular flexibility index (Phi) is 9.46. The Hall–Kier alpha value is -3.22. The van der Waals surface area contributed by atoms with Crippen molar-refractivity contribution in [2.45, 2.75) is 56.6 Å². The molecule has 1 aliphatic rings. The van der Waals surface area contributed by atoms with Crippen LogP contribution in [0, 0.1) is 13.8 Å². The fraction of sp³-hybridized carbons (Fsp3) is 0.480. The molecule has 0 aromatic heterocycles. The van der Waals surface area contributed by atoms with Gasteiger partial charge in [-0.2, -0.15) is 4.72 Å². The number of carboxylic acids is 1. The lowest BCUT2D eigenvalue weighted by Gasteiger charge is -2.28. The highest BCUT2D eigenvalue weighted by Crippen LogP contribution is 2.23. The second-order valence-electron chi connectivity index (χ2n) is 9.32. The molecule has 1 saturated heterocycles. The van der Waals surface area contributed by atoms with Crippen molar-refractivity contribution in [3.63, 3.8) is 0 Å². The molecule has 0 saturated carbocycles. The number of guanidine groups is 1. The van der Waals surface area contributed by atoms with Crippen LogP contribution in [0.25, 0.3) is 10.8 Å². The van der Waals surface area contributed by atoms with Gasteiger partial charge in [0.25, 0.3) is 0 Å². The van der Waals surface area contributed by atoms with Gasteiger partial charge in [-0.15, -0.1) is 0 Å². The van der Waals surface area contributed by atoms with Gasteiger partial charge in [-0.05, 0) is 73.6 Å². The van der Waals surface area contributed by atoms with Crippen molar-refractivity contribution in [1.29, 1.82) is 0 Å². The first-order valence-electron chi connectivity index (χ1n) is 12.2. The van der Waals surface area contributed by atoms with Crippen molar-refractivity contribution < 1.29 is 27.9 Å². The normalized spacial score (nSPS) is 16.4. The summed E-state index contributed by atoms with van der Waals surface area (Å²) in [5.74, 6) is -1.96. The number of ether oxygens (including phenoxy) is 1. The predicted octanol–water partition coefficient (Wildman–Crippen LogP) is 1.25. The Morgan fingerprint density at radius 1 is 1.19 bits per heavy atom. The van der Waals surface area contributed by atoms with E-state index < -0.39 is 34.5 Å². The fourth-order valence-electron chi connectivity index (χ4n) is 4.31. The zero-order chi connectivity index (χ0) is 27.2. The summed E-state index contributed by atoms with van der Waals surface area (Å²) in [6.45, 7) is 4.15. The number of fused-ring (bicyclic) bond motifs is 1. The van der Waals surface area contributed by atoms with Gasteiger partial charge in [-0.25, -0.2) is 8.42 Å². The smallest absolute Gasteiger partial charge is 0.323 e. The molecule has 1 aliphatic heterocycles. The number of carbonyl (C=O) groups excluding carboxylic acids is 1. The molecule has 1 amide bonds. The number of aryl methyl sites for hydroxylation is 2. The standard InChI is InChI=1S/C25H35N5O6S/c1-16-11-18-7-8-21(13-19(18)12-17(16)2)37(34,35)29-22(6-3-9-28-25(26)27)24(33)30(15-23(31)32)14-20-5-4-10-36-20/h7-8,11-13,20,22,29H,3-6,9-10,14-15H2,1-2H3,(H,31,32)(H4,26,27,28). The van der Waals surface area contributed by atoms with Crippen molar-refractivity contribution >= 4 is 38.6 Å². The highest BCUT2D eigenvalue weighted by atomic mass is 32.2. The summed E-state index contributed by atoms with van der Waals surface area (Å²) in [4.78, 5) is 30.0. The summed E-state index contributed by atoms with van der Waals surface area (Å²) in [6.07, 6.45) is 1.58. The lowest BCUT2D eigenvalue weighted by Crippen LogP contribution is -2.51. The minimum Gasteiger partial charge on any atom is -0.480 e. The first-order chi connectivity index (χ1) is 17.5. The molecule has 202 valence electrons. The average molecular weight is 534 g/mol. The minimum atomic E-state index is -4.12. The number of carboxylic acid groups (broad SMARTS) is 1. The van der Waals surface area contributed by atoms with E-state index in [-0.39, 0.29) is 36.5 Å². The van der Waals surface area contributed by atoms with Crippen LogP contribution in [0.3, 0.4) is 0 Å². The molecule has 1 heterocycles. The van der Waals surface area contributed by atoms with Crippen molar-refractivity contribution in [2.75, 3.05) is 26.2 Å². The van der Waals surface area contributed by atoms with Gasteiger partial charge in [0.15, 0.2) is 5.96 Å². The van der Waals surface area contributed by atoms with Gasteiger partial charge in [-0.1, -0.05) is 18.2 Å². The monoisotopic (exact) mass is 533 g/mol. The Labute approximate surface area is 216 Å². The molecular weight excluding hydrogens is 498 g/mol. The Bertz CT molecular complexity index is 1270. The van der Waals surface area contributed by atoms with E-state index in [1.165, 1.54) is 6.07 Å². The van der Waals surface area contributed by atoms with E-state index in [0.717, 1.165) is 33.2 Å². The van der Waals surface area contributed by atoms with E-state index >= 15 is 0 Å². The number of nitrogens with one attached hydrogen (secondary N) is 1. The highest BCUT2D eigenvalue weighted by Gasteiger charge is 2.32. The van der Waals surface area contributed by atoms with Gasteiger partial charge in [0.2, 0.25) is 15.9 Å². The first kappa shape index (κ1) is 28.4. The first-order valence-corrected chi connectivity index (χ1v) is 13.7. The number of nitrogens with two attached hydrogens (primary N) is 2. The highest BCUT2D eigenvalue weighted by molar-refractivity contribution is 7.89. The maximum absolute atomic E-state index is 13.5. The Morgan fingerprint density at radius 2 is 1.89 bits per heavy atom. The fourth-order valence-corrected chi connectivity index (χ4v) is 5.57. The lowest BCUT2D eigenvalue weighted by molar-refractivity contribution is -0.146. The number of aliphatic imine (C=N–C) groups is 1. The quantitative estimate of drug-likeness (QED) is 0.179. The second-order valence-corrected chi connectivity index (χ2v) is 11.0. The van der Waals surface area contributed by atoms with Crippen LogP contribution in [-0.4, -0.2) is 74.6 Å². The van der Waals surface area contributed by atoms with Gasteiger partial charge in [-0.3, -0.25) is 14.6 Å². The van der Waals surface area contributed by atoms with E-state index in [2.05, 4.69) is 9.71 Å². The summed E-state index contributed by atoms with van der Waals surface area (Å²) < 4.78 is 34.8. The Morgan fingerprint density at radius 3 is 2.51 bits per heavy atom. The number of hydrogen-bond acceptors (Lipinski definition) is 6. The van der Waals surface area contributed by atoms with Crippen LogP contribution in [0.4, 0.5) is 0 Å². The summed E-state index contributed by atoms with van der Waals surface area (Å²) in [5.41, 5.74) is 12.9. The molecule has 0 bridgehead atoms. The number of sulfonamides is 1. The van der Waals surface area contributed by atoms with E-state index in [1.54, 1.807) is 12.1 Å². The molecular formula is C25H35N5O6S. The maximum atomic E-state index is 13.5. The summed E-state index contributed by atoms with van der Waals surface area (Å²) in [6, 6.07) is 7.46. The van der Waals surface area contributed by atoms with Gasteiger partial charge in [0.05, 0.1) is 11.0 Å². The summed E-state index contributed by atoms with van der Waals surface area (Å²) in [5, 5.41) is 11.1. The van der Waals surface area contributed by atoms with E-state index in [9.17, 15) is 23.1 Å². The molecule has 6 N–H and O–H groups in total. The van der Waals surface area contributed by atoms with Crippen molar-refractivity contribution in [3.05, 3.63) is 41.5 Å². The third-order valence-corrected chi connectivity index (χ3v) is 7.83. The van der Waals surface area contributed by atoms with Crippen molar-refractivity contribution in [2.24, 2.45) is 16.5 Å². The van der Waals surface area contributed by atoms with E-state index in [1.807, 2.05) is 26.0 Å².